The van der Waals surface area contributed by atoms with Gasteiger partial charge in [0, 0.05) is 32.6 Å². The van der Waals surface area contributed by atoms with Crippen LogP contribution in [-0.2, 0) is 43.0 Å². The summed E-state index contributed by atoms with van der Waals surface area (Å²) in [5.74, 6) is -2.61. The maximum Gasteiger partial charge on any atom is 0.306 e. The van der Waals surface area contributed by atoms with E-state index in [9.17, 15) is 28.8 Å². The molecule has 0 aromatic carbocycles. The molecule has 5 amide bonds. The van der Waals surface area contributed by atoms with Crippen LogP contribution in [0.5, 0.6) is 0 Å². The molecule has 6 aliphatic rings. The van der Waals surface area contributed by atoms with Gasteiger partial charge in [-0.15, -0.1) is 0 Å². The SMILES string of the molecule is COC(=O)CCC(=O)N(CCN1C(=O)C2CC=C3OC3C2C1=O)CCN1C(=O)C2CC=C3OC3C2C1=O. The van der Waals surface area contributed by atoms with Gasteiger partial charge in [-0.1, -0.05) is 0 Å². The van der Waals surface area contributed by atoms with Crippen LogP contribution in [0, 0.1) is 23.7 Å². The number of amides is 5. The average Bonchev–Trinajstić information content (AvgIpc) is 3.81. The number of methoxy groups -OCH3 is 1. The van der Waals surface area contributed by atoms with E-state index >= 15 is 0 Å². The van der Waals surface area contributed by atoms with Gasteiger partial charge in [0.1, 0.15) is 11.5 Å². The van der Waals surface area contributed by atoms with E-state index in [1.165, 1.54) is 21.8 Å². The second-order valence-corrected chi connectivity index (χ2v) is 10.1. The van der Waals surface area contributed by atoms with E-state index in [0.717, 1.165) is 11.5 Å². The van der Waals surface area contributed by atoms with Gasteiger partial charge in [0.15, 0.2) is 12.2 Å². The number of carbonyl (C=O) groups is 6. The molecule has 0 aromatic heterocycles. The zero-order valence-electron chi connectivity index (χ0n) is 20.3. The Bertz CT molecular complexity index is 1100. The van der Waals surface area contributed by atoms with Crippen molar-refractivity contribution in [3.05, 3.63) is 23.7 Å². The number of imide groups is 2. The molecule has 4 heterocycles. The van der Waals surface area contributed by atoms with Crippen LogP contribution in [0.15, 0.2) is 23.7 Å². The van der Waals surface area contributed by atoms with Crippen LogP contribution in [0.3, 0.4) is 0 Å². The molecule has 196 valence electrons. The van der Waals surface area contributed by atoms with E-state index in [2.05, 4.69) is 4.74 Å². The fourth-order valence-corrected chi connectivity index (χ4v) is 6.06. The summed E-state index contributed by atoms with van der Waals surface area (Å²) in [5, 5.41) is 0. The number of esters is 1. The molecule has 0 aromatic rings. The number of allylic oxidation sites excluding steroid dienone is 2. The molecule has 4 aliphatic heterocycles. The summed E-state index contributed by atoms with van der Waals surface area (Å²) in [5.41, 5.74) is 0. The normalized spacial score (nSPS) is 32.4. The highest BCUT2D eigenvalue weighted by molar-refractivity contribution is 6.07. The molecule has 12 heteroatoms. The van der Waals surface area contributed by atoms with E-state index in [1.807, 2.05) is 12.2 Å². The lowest BCUT2D eigenvalue weighted by molar-refractivity contribution is -0.144. The second-order valence-electron chi connectivity index (χ2n) is 10.1. The van der Waals surface area contributed by atoms with Gasteiger partial charge in [-0.2, -0.15) is 0 Å². The molecule has 4 saturated heterocycles. The van der Waals surface area contributed by atoms with Crippen LogP contribution in [-0.4, -0.2) is 95.7 Å². The number of hydrogen-bond donors (Lipinski definition) is 0. The average molecular weight is 514 g/mol. The van der Waals surface area contributed by atoms with E-state index in [-0.39, 0.29) is 74.9 Å². The Hall–Kier alpha value is -3.70. The standard InChI is InChI=1S/C25H27N3O9/c1-35-17(30)7-6-16(29)26(8-10-27-22(31)12-2-4-14-20(36-14)18(12)24(27)33)9-11-28-23(32)13-3-5-15-21(37-15)19(13)25(28)34/h4-5,12-13,18-21H,2-3,6-11H2,1H3. The number of hydrogen-bond acceptors (Lipinski definition) is 9. The number of nitrogens with zero attached hydrogens (tertiary/aromatic N) is 3. The second kappa shape index (κ2) is 8.70. The first-order valence-electron chi connectivity index (χ1n) is 12.6. The van der Waals surface area contributed by atoms with Gasteiger partial charge < -0.3 is 19.1 Å². The molecule has 0 radical (unpaired) electrons. The maximum atomic E-state index is 13.0. The zero-order chi connectivity index (χ0) is 26.0. The molecule has 6 unspecified atom stereocenters. The Labute approximate surface area is 212 Å². The van der Waals surface area contributed by atoms with Crippen LogP contribution in [0.4, 0.5) is 0 Å². The topological polar surface area (TPSA) is 146 Å². The first-order valence-corrected chi connectivity index (χ1v) is 12.6. The van der Waals surface area contributed by atoms with Gasteiger partial charge in [0.2, 0.25) is 29.5 Å². The summed E-state index contributed by atoms with van der Waals surface area (Å²) in [4.78, 5) is 80.1. The third-order valence-corrected chi connectivity index (χ3v) is 8.22. The molecule has 4 fully saturated rings. The third-order valence-electron chi connectivity index (χ3n) is 8.22. The molecule has 0 saturated carbocycles. The Morgan fingerprint density at radius 1 is 0.838 bits per heavy atom. The van der Waals surface area contributed by atoms with Crippen molar-refractivity contribution in [1.29, 1.82) is 0 Å². The van der Waals surface area contributed by atoms with Gasteiger partial charge in [0.05, 0.1) is 37.2 Å². The van der Waals surface area contributed by atoms with E-state index in [1.54, 1.807) is 0 Å². The molecule has 0 bridgehead atoms. The summed E-state index contributed by atoms with van der Waals surface area (Å²) < 4.78 is 15.5. The van der Waals surface area contributed by atoms with Gasteiger partial charge in [-0.05, 0) is 25.0 Å². The fourth-order valence-electron chi connectivity index (χ4n) is 6.06. The largest absolute Gasteiger partial charge is 0.482 e. The highest BCUT2D eigenvalue weighted by Crippen LogP contribution is 2.49. The number of ether oxygens (including phenoxy) is 3. The number of rotatable bonds is 9. The van der Waals surface area contributed by atoms with Crippen molar-refractivity contribution < 1.29 is 43.0 Å². The minimum atomic E-state index is -0.545. The summed E-state index contributed by atoms with van der Waals surface area (Å²) in [6.45, 7) is -0.00739. The Balaban J connectivity index is 1.11. The molecular weight excluding hydrogens is 486 g/mol. The monoisotopic (exact) mass is 513 g/mol. The quantitative estimate of drug-likeness (QED) is 0.223. The van der Waals surface area contributed by atoms with Crippen molar-refractivity contribution in [3.63, 3.8) is 0 Å². The molecule has 12 nitrogen and oxygen atoms in total. The van der Waals surface area contributed by atoms with Crippen molar-refractivity contribution >= 4 is 35.5 Å². The Kier molecular flexibility index (Phi) is 5.57. The lowest BCUT2D eigenvalue weighted by Crippen LogP contribution is -2.45. The number of epoxide rings is 2. The third kappa shape index (κ3) is 3.89. The summed E-state index contributed by atoms with van der Waals surface area (Å²) in [6, 6.07) is 0. The van der Waals surface area contributed by atoms with Crippen molar-refractivity contribution in [2.24, 2.45) is 23.7 Å². The number of likely N-dealkylation sites (tertiary alicyclic amines) is 2. The summed E-state index contributed by atoms with van der Waals surface area (Å²) >= 11 is 0. The number of carbonyl (C=O) groups excluding carboxylic acids is 6. The van der Waals surface area contributed by atoms with Gasteiger partial charge >= 0.3 is 5.97 Å². The van der Waals surface area contributed by atoms with Crippen molar-refractivity contribution in [2.75, 3.05) is 33.3 Å². The molecule has 37 heavy (non-hydrogen) atoms. The number of fused-ring (bicyclic) bond motifs is 6. The van der Waals surface area contributed by atoms with Crippen LogP contribution < -0.4 is 0 Å². The fraction of sp³-hybridized carbons (Fsp3) is 0.600. The molecule has 0 spiro atoms. The maximum absolute atomic E-state index is 13.0. The van der Waals surface area contributed by atoms with E-state index in [0.29, 0.717) is 12.8 Å². The van der Waals surface area contributed by atoms with Crippen molar-refractivity contribution in [2.45, 2.75) is 37.9 Å². The van der Waals surface area contributed by atoms with Crippen LogP contribution in [0.25, 0.3) is 0 Å². The highest BCUT2D eigenvalue weighted by Gasteiger charge is 2.60. The molecule has 2 aliphatic carbocycles. The lowest BCUT2D eigenvalue weighted by Gasteiger charge is -2.27. The van der Waals surface area contributed by atoms with Crippen LogP contribution >= 0.6 is 0 Å². The zero-order valence-corrected chi connectivity index (χ0v) is 20.3. The minimum absolute atomic E-state index is 0.0171. The Morgan fingerprint density at radius 3 is 1.78 bits per heavy atom. The van der Waals surface area contributed by atoms with E-state index < -0.39 is 35.5 Å². The minimum Gasteiger partial charge on any atom is -0.482 e. The first-order chi connectivity index (χ1) is 17.8. The predicted octanol–water partition coefficient (Wildman–Crippen LogP) is -0.657. The van der Waals surface area contributed by atoms with Crippen LogP contribution in [0.2, 0.25) is 0 Å². The smallest absolute Gasteiger partial charge is 0.306 e. The van der Waals surface area contributed by atoms with Crippen molar-refractivity contribution in [3.8, 4) is 0 Å². The van der Waals surface area contributed by atoms with Gasteiger partial charge in [0.25, 0.3) is 0 Å². The van der Waals surface area contributed by atoms with E-state index in [4.69, 9.17) is 9.47 Å². The summed E-state index contributed by atoms with van der Waals surface area (Å²) in [6.07, 6.45) is 3.64. The van der Waals surface area contributed by atoms with Gasteiger partial charge in [-0.25, -0.2) is 0 Å². The Morgan fingerprint density at radius 2 is 1.32 bits per heavy atom. The predicted molar refractivity (Wildman–Crippen MR) is 120 cm³/mol. The highest BCUT2D eigenvalue weighted by atomic mass is 16.6. The molecule has 6 atom stereocenters. The van der Waals surface area contributed by atoms with Crippen molar-refractivity contribution in [1.82, 2.24) is 14.7 Å². The molecule has 6 rings (SSSR count). The van der Waals surface area contributed by atoms with Crippen LogP contribution in [0.1, 0.15) is 25.7 Å². The molecule has 0 N–H and O–H groups in total. The lowest BCUT2D eigenvalue weighted by atomic mass is 9.85. The summed E-state index contributed by atoms with van der Waals surface area (Å²) in [7, 11) is 1.23. The molecular formula is C25H27N3O9. The van der Waals surface area contributed by atoms with Gasteiger partial charge in [-0.3, -0.25) is 38.6 Å². The first kappa shape index (κ1) is 23.7.